The van der Waals surface area contributed by atoms with E-state index in [0.29, 0.717) is 24.7 Å². The van der Waals surface area contributed by atoms with Gasteiger partial charge in [-0.15, -0.1) is 0 Å². The summed E-state index contributed by atoms with van der Waals surface area (Å²) in [5.74, 6) is 0.235. The lowest BCUT2D eigenvalue weighted by atomic mass is 9.91. The summed E-state index contributed by atoms with van der Waals surface area (Å²) in [4.78, 5) is 26.7. The van der Waals surface area contributed by atoms with E-state index in [9.17, 15) is 14.7 Å². The van der Waals surface area contributed by atoms with Gasteiger partial charge in [0.25, 0.3) is 5.56 Å². The Labute approximate surface area is 269 Å². The van der Waals surface area contributed by atoms with Crippen molar-refractivity contribution in [1.29, 1.82) is 0 Å². The number of carbonyl (C=O) groups excluding carboxylic acids is 1. The number of amides is 1. The van der Waals surface area contributed by atoms with Crippen molar-refractivity contribution >= 4 is 17.3 Å². The minimum atomic E-state index is -0.753. The van der Waals surface area contributed by atoms with Crippen LogP contribution in [-0.2, 0) is 22.4 Å². The molecule has 2 aromatic carbocycles. The van der Waals surface area contributed by atoms with Crippen molar-refractivity contribution in [3.63, 3.8) is 0 Å². The fourth-order valence-electron chi connectivity index (χ4n) is 7.32. The fourth-order valence-corrected chi connectivity index (χ4v) is 7.32. The molecule has 1 atom stereocenters. The second kappa shape index (κ2) is 12.6. The summed E-state index contributed by atoms with van der Waals surface area (Å²) in [6, 6.07) is 18.4. The van der Waals surface area contributed by atoms with E-state index in [1.165, 1.54) is 0 Å². The van der Waals surface area contributed by atoms with Crippen LogP contribution in [0.2, 0.25) is 0 Å². The summed E-state index contributed by atoms with van der Waals surface area (Å²) < 4.78 is 10.1. The van der Waals surface area contributed by atoms with Gasteiger partial charge in [-0.25, -0.2) is 9.94 Å². The van der Waals surface area contributed by atoms with Gasteiger partial charge in [-0.05, 0) is 80.5 Å². The van der Waals surface area contributed by atoms with Gasteiger partial charge >= 0.3 is 0 Å². The average Bonchev–Trinajstić information content (AvgIpc) is 3.69. The van der Waals surface area contributed by atoms with Gasteiger partial charge in [-0.3, -0.25) is 14.2 Å². The van der Waals surface area contributed by atoms with E-state index < -0.39 is 5.60 Å². The average molecular weight is 622 g/mol. The number of aromatic nitrogens is 3. The Bertz CT molecular complexity index is 1830. The number of benzene rings is 2. The van der Waals surface area contributed by atoms with E-state index in [4.69, 9.17) is 9.84 Å². The summed E-state index contributed by atoms with van der Waals surface area (Å²) in [5, 5.41) is 19.8. The fraction of sp³-hybridized carbons (Fsp3) is 0.459. The molecule has 1 unspecified atom stereocenters. The number of hydrazone groups is 1. The molecule has 9 heteroatoms. The van der Waals surface area contributed by atoms with E-state index in [2.05, 4.69) is 47.8 Å². The van der Waals surface area contributed by atoms with Gasteiger partial charge in [0.15, 0.2) is 0 Å². The highest BCUT2D eigenvalue weighted by Crippen LogP contribution is 2.40. The maximum absolute atomic E-state index is 14.6. The molecule has 2 aliphatic carbocycles. The van der Waals surface area contributed by atoms with Gasteiger partial charge < -0.3 is 9.84 Å². The lowest BCUT2D eigenvalue weighted by Crippen LogP contribution is -2.38. The van der Waals surface area contributed by atoms with Gasteiger partial charge in [0, 0.05) is 29.7 Å². The van der Waals surface area contributed by atoms with Gasteiger partial charge in [-0.1, -0.05) is 55.8 Å². The van der Waals surface area contributed by atoms with E-state index in [1.54, 1.807) is 6.20 Å². The number of carbonyl (C=O) groups is 1. The molecule has 2 saturated carbocycles. The molecule has 2 N–H and O–H groups in total. The Morgan fingerprint density at radius 2 is 1.78 bits per heavy atom. The molecule has 3 aliphatic rings. The van der Waals surface area contributed by atoms with Crippen LogP contribution in [0.5, 0.6) is 0 Å². The number of nitrogens with one attached hydrogen (secondary N) is 1. The normalized spacial score (nSPS) is 21.3. The van der Waals surface area contributed by atoms with Crippen molar-refractivity contribution in [2.45, 2.75) is 95.8 Å². The number of ether oxygens (including phenoxy) is 1. The third-order valence-corrected chi connectivity index (χ3v) is 10.0. The maximum atomic E-state index is 14.6. The van der Waals surface area contributed by atoms with Gasteiger partial charge in [0.2, 0.25) is 5.91 Å². The molecule has 0 bridgehead atoms. The number of hydrogen-bond acceptors (Lipinski definition) is 6. The SMILES string of the molecule is CCCc1c(Cc2ccc(-c3ccccc3)c(C3=NNC(=O)C3)c2)c(=O)n(C2CCC(OCC(C)(O)C3CC3)CC2)c2ccnn12. The third kappa shape index (κ3) is 6.06. The van der Waals surface area contributed by atoms with E-state index in [0.717, 1.165) is 90.5 Å². The van der Waals surface area contributed by atoms with Crippen molar-refractivity contribution < 1.29 is 14.6 Å². The summed E-state index contributed by atoms with van der Waals surface area (Å²) in [7, 11) is 0. The molecule has 1 aliphatic heterocycles. The number of rotatable bonds is 11. The molecule has 2 aromatic heterocycles. The van der Waals surface area contributed by atoms with Gasteiger partial charge in [-0.2, -0.15) is 10.2 Å². The zero-order valence-corrected chi connectivity index (χ0v) is 26.7. The molecule has 0 radical (unpaired) electrons. The standard InChI is InChI=1S/C37H43N5O4/c1-3-7-33-31(21-24-10-17-29(25-8-5-4-6-9-25)30(20-24)32-22-34(43)40-39-32)36(44)41(35-18-19-38-42(33)35)27-13-15-28(16-14-27)46-23-37(2,45)26-11-12-26/h4-6,8-10,17-20,26-28,45H,3,7,11-16,21-23H2,1-2H3,(H,40,43). The Kier molecular flexibility index (Phi) is 8.38. The van der Waals surface area contributed by atoms with Crippen LogP contribution in [0.1, 0.15) is 93.6 Å². The van der Waals surface area contributed by atoms with Crippen LogP contribution in [0, 0.1) is 5.92 Å². The maximum Gasteiger partial charge on any atom is 0.257 e. The molecule has 2 fully saturated rings. The Morgan fingerprint density at radius 1 is 1.00 bits per heavy atom. The topological polar surface area (TPSA) is 110 Å². The highest BCUT2D eigenvalue weighted by molar-refractivity contribution is 6.16. The predicted octanol–water partition coefficient (Wildman–Crippen LogP) is 5.59. The summed E-state index contributed by atoms with van der Waals surface area (Å²) >= 11 is 0. The third-order valence-electron chi connectivity index (χ3n) is 10.0. The first-order chi connectivity index (χ1) is 22.3. The second-order valence-electron chi connectivity index (χ2n) is 13.5. The monoisotopic (exact) mass is 621 g/mol. The minimum Gasteiger partial charge on any atom is -0.387 e. The first-order valence-electron chi connectivity index (χ1n) is 16.8. The molecule has 3 heterocycles. The largest absolute Gasteiger partial charge is 0.387 e. The van der Waals surface area contributed by atoms with E-state index >= 15 is 0 Å². The zero-order chi connectivity index (χ0) is 31.8. The van der Waals surface area contributed by atoms with Crippen LogP contribution in [0.4, 0.5) is 0 Å². The molecule has 4 aromatic rings. The first-order valence-corrected chi connectivity index (χ1v) is 16.8. The van der Waals surface area contributed by atoms with E-state index in [1.807, 2.05) is 40.3 Å². The first kappa shape index (κ1) is 30.6. The van der Waals surface area contributed by atoms with Crippen LogP contribution in [0.15, 0.2) is 70.7 Å². The van der Waals surface area contributed by atoms with Crippen molar-refractivity contribution in [1.82, 2.24) is 19.6 Å². The number of hydrogen-bond donors (Lipinski definition) is 2. The summed E-state index contributed by atoms with van der Waals surface area (Å²) in [5.41, 5.74) is 9.09. The van der Waals surface area contributed by atoms with E-state index in [-0.39, 0.29) is 30.0 Å². The molecule has 1 amide bonds. The van der Waals surface area contributed by atoms with Crippen LogP contribution in [-0.4, -0.2) is 49.2 Å². The molecular weight excluding hydrogens is 578 g/mol. The van der Waals surface area contributed by atoms with Crippen molar-refractivity contribution in [2.75, 3.05) is 6.61 Å². The second-order valence-corrected chi connectivity index (χ2v) is 13.5. The smallest absolute Gasteiger partial charge is 0.257 e. The number of nitrogens with zero attached hydrogens (tertiary/aromatic N) is 4. The van der Waals surface area contributed by atoms with Crippen molar-refractivity contribution in [2.24, 2.45) is 11.0 Å². The summed E-state index contributed by atoms with van der Waals surface area (Å²) in [6.45, 7) is 4.39. The minimum absolute atomic E-state index is 0.0428. The molecule has 9 nitrogen and oxygen atoms in total. The number of fused-ring (bicyclic) bond motifs is 1. The number of aryl methyl sites for hydroxylation is 1. The van der Waals surface area contributed by atoms with Crippen LogP contribution in [0.3, 0.4) is 0 Å². The van der Waals surface area contributed by atoms with Crippen LogP contribution >= 0.6 is 0 Å². The molecule has 7 rings (SSSR count). The Morgan fingerprint density at radius 3 is 2.48 bits per heavy atom. The number of aliphatic hydroxyl groups is 1. The highest BCUT2D eigenvalue weighted by Gasteiger charge is 2.41. The van der Waals surface area contributed by atoms with Gasteiger partial charge in [0.05, 0.1) is 42.3 Å². The molecule has 46 heavy (non-hydrogen) atoms. The highest BCUT2D eigenvalue weighted by atomic mass is 16.5. The molecular formula is C37H43N5O4. The molecule has 0 spiro atoms. The Balaban J connectivity index is 1.21. The quantitative estimate of drug-likeness (QED) is 0.227. The van der Waals surface area contributed by atoms with Gasteiger partial charge in [0.1, 0.15) is 5.65 Å². The summed E-state index contributed by atoms with van der Waals surface area (Å²) in [6.07, 6.45) is 9.72. The van der Waals surface area contributed by atoms with Crippen molar-refractivity contribution in [3.8, 4) is 11.1 Å². The lowest BCUT2D eigenvalue weighted by molar-refractivity contribution is -0.119. The lowest BCUT2D eigenvalue weighted by Gasteiger charge is -2.33. The molecule has 0 saturated heterocycles. The van der Waals surface area contributed by atoms with Crippen molar-refractivity contribution in [3.05, 3.63) is 93.5 Å². The van der Waals surface area contributed by atoms with Crippen LogP contribution in [0.25, 0.3) is 16.8 Å². The predicted molar refractivity (Wildman–Crippen MR) is 178 cm³/mol. The zero-order valence-electron chi connectivity index (χ0n) is 26.7. The van der Waals surface area contributed by atoms with Crippen LogP contribution < -0.4 is 11.0 Å². The Hall–Kier alpha value is -4.08. The molecule has 240 valence electrons.